The summed E-state index contributed by atoms with van der Waals surface area (Å²) in [5.74, 6) is 1.70. The molecule has 1 fully saturated rings. The number of nitrogens with zero attached hydrogens (tertiary/aromatic N) is 1. The first-order valence-electron chi connectivity index (χ1n) is 7.47. The van der Waals surface area contributed by atoms with E-state index in [2.05, 4.69) is 0 Å². The molecule has 0 bridgehead atoms. The van der Waals surface area contributed by atoms with Crippen LogP contribution in [-0.4, -0.2) is 35.3 Å². The van der Waals surface area contributed by atoms with Crippen molar-refractivity contribution < 1.29 is 19.1 Å². The van der Waals surface area contributed by atoms with E-state index in [1.807, 2.05) is 12.1 Å². The van der Waals surface area contributed by atoms with E-state index in [0.29, 0.717) is 19.4 Å². The van der Waals surface area contributed by atoms with Gasteiger partial charge in [-0.25, -0.2) is 0 Å². The van der Waals surface area contributed by atoms with Crippen LogP contribution in [0.15, 0.2) is 12.1 Å². The molecule has 22 heavy (non-hydrogen) atoms. The second-order valence-electron chi connectivity index (χ2n) is 6.01. The molecule has 3 aliphatic rings. The van der Waals surface area contributed by atoms with Crippen LogP contribution in [0.2, 0.25) is 0 Å². The van der Waals surface area contributed by atoms with E-state index in [1.54, 1.807) is 4.90 Å². The van der Waals surface area contributed by atoms with Crippen molar-refractivity contribution in [3.8, 4) is 11.5 Å². The maximum absolute atomic E-state index is 12.2. The van der Waals surface area contributed by atoms with Crippen LogP contribution in [0.1, 0.15) is 36.3 Å². The van der Waals surface area contributed by atoms with E-state index in [-0.39, 0.29) is 36.3 Å². The van der Waals surface area contributed by atoms with Crippen LogP contribution in [0, 0.1) is 0 Å². The predicted octanol–water partition coefficient (Wildman–Crippen LogP) is 2.20. The van der Waals surface area contributed by atoms with Crippen molar-refractivity contribution in [1.29, 1.82) is 0 Å². The third-order valence-electron chi connectivity index (χ3n) is 4.85. The molecule has 5 nitrogen and oxygen atoms in total. The summed E-state index contributed by atoms with van der Waals surface area (Å²) >= 11 is 5.75. The molecule has 0 N–H and O–H groups in total. The minimum atomic E-state index is -0.116. The highest BCUT2D eigenvalue weighted by molar-refractivity contribution is 6.27. The zero-order valence-corrected chi connectivity index (χ0v) is 12.8. The number of alkyl halides is 1. The van der Waals surface area contributed by atoms with Gasteiger partial charge in [-0.3, -0.25) is 9.59 Å². The average molecular weight is 322 g/mol. The van der Waals surface area contributed by atoms with Gasteiger partial charge in [0.05, 0.1) is 0 Å². The summed E-state index contributed by atoms with van der Waals surface area (Å²) in [7, 11) is 0. The van der Waals surface area contributed by atoms with Crippen LogP contribution >= 0.6 is 11.6 Å². The molecule has 6 heteroatoms. The summed E-state index contributed by atoms with van der Waals surface area (Å²) in [5.41, 5.74) is 2.25. The number of halogens is 1. The normalized spacial score (nSPS) is 25.7. The van der Waals surface area contributed by atoms with Crippen molar-refractivity contribution in [2.24, 2.45) is 0 Å². The van der Waals surface area contributed by atoms with Crippen LogP contribution in [-0.2, 0) is 16.1 Å². The Morgan fingerprint density at radius 1 is 1.32 bits per heavy atom. The number of ketones is 1. The van der Waals surface area contributed by atoms with Gasteiger partial charge in [-0.1, -0.05) is 0 Å². The standard InChI is InChI=1S/C16H16ClNO4/c17-6-16(20)18-7-9-3-14-15(22-8-21-14)5-12(9)11-2-1-10(19)4-13(11)18/h3,5,11,13H,1-2,4,6-8H2/t11-,13-/m0/s1. The van der Waals surface area contributed by atoms with Crippen molar-refractivity contribution >= 4 is 23.3 Å². The Morgan fingerprint density at radius 3 is 2.86 bits per heavy atom. The smallest absolute Gasteiger partial charge is 0.238 e. The Kier molecular flexibility index (Phi) is 3.26. The molecule has 4 rings (SSSR count). The summed E-state index contributed by atoms with van der Waals surface area (Å²) in [6, 6.07) is 3.90. The number of fused-ring (bicyclic) bond motifs is 4. The highest BCUT2D eigenvalue weighted by Crippen LogP contribution is 2.46. The highest BCUT2D eigenvalue weighted by atomic mass is 35.5. The lowest BCUT2D eigenvalue weighted by Crippen LogP contribution is -2.50. The molecule has 116 valence electrons. The summed E-state index contributed by atoms with van der Waals surface area (Å²) in [5, 5.41) is 0. The van der Waals surface area contributed by atoms with Gasteiger partial charge in [-0.2, -0.15) is 0 Å². The molecule has 0 radical (unpaired) electrons. The first kappa shape index (κ1) is 13.9. The van der Waals surface area contributed by atoms with E-state index in [4.69, 9.17) is 21.1 Å². The van der Waals surface area contributed by atoms with Gasteiger partial charge in [0, 0.05) is 31.3 Å². The molecule has 1 aliphatic carbocycles. The predicted molar refractivity (Wildman–Crippen MR) is 79.2 cm³/mol. The molecule has 2 atom stereocenters. The Balaban J connectivity index is 1.78. The zero-order valence-electron chi connectivity index (χ0n) is 12.0. The lowest BCUT2D eigenvalue weighted by atomic mass is 9.74. The third kappa shape index (κ3) is 2.07. The molecule has 0 unspecified atom stereocenters. The Bertz CT molecular complexity index is 660. The molecular weight excluding hydrogens is 306 g/mol. The number of carbonyl (C=O) groups is 2. The van der Waals surface area contributed by atoms with Crippen molar-refractivity contribution in [2.45, 2.75) is 37.8 Å². The molecular formula is C16H16ClNO4. The number of benzene rings is 1. The van der Waals surface area contributed by atoms with Gasteiger partial charge in [0.25, 0.3) is 0 Å². The van der Waals surface area contributed by atoms with E-state index < -0.39 is 0 Å². The van der Waals surface area contributed by atoms with Gasteiger partial charge in [0.1, 0.15) is 11.7 Å². The molecule has 0 aromatic heterocycles. The Labute approximate surface area is 133 Å². The first-order valence-corrected chi connectivity index (χ1v) is 8.00. The maximum Gasteiger partial charge on any atom is 0.238 e. The number of amides is 1. The second kappa shape index (κ2) is 5.16. The van der Waals surface area contributed by atoms with Crippen LogP contribution < -0.4 is 9.47 Å². The molecule has 0 spiro atoms. The van der Waals surface area contributed by atoms with Crippen LogP contribution in [0.3, 0.4) is 0 Å². The number of hydrogen-bond donors (Lipinski definition) is 0. The largest absolute Gasteiger partial charge is 0.454 e. The quantitative estimate of drug-likeness (QED) is 0.744. The molecule has 1 aromatic carbocycles. The Morgan fingerprint density at radius 2 is 2.09 bits per heavy atom. The van der Waals surface area contributed by atoms with E-state index >= 15 is 0 Å². The van der Waals surface area contributed by atoms with Crippen LogP contribution in [0.25, 0.3) is 0 Å². The molecule has 2 aliphatic heterocycles. The maximum atomic E-state index is 12.2. The molecule has 2 heterocycles. The second-order valence-corrected chi connectivity index (χ2v) is 6.28. The van der Waals surface area contributed by atoms with Crippen molar-refractivity contribution in [3.63, 3.8) is 0 Å². The van der Waals surface area contributed by atoms with Gasteiger partial charge in [-0.05, 0) is 29.7 Å². The lowest BCUT2D eigenvalue weighted by Gasteiger charge is -2.44. The van der Waals surface area contributed by atoms with Crippen molar-refractivity contribution in [2.75, 3.05) is 12.7 Å². The third-order valence-corrected chi connectivity index (χ3v) is 5.07. The average Bonchev–Trinajstić information content (AvgIpc) is 2.98. The molecule has 1 aromatic rings. The Hall–Kier alpha value is -1.75. The summed E-state index contributed by atoms with van der Waals surface area (Å²) < 4.78 is 10.9. The topological polar surface area (TPSA) is 55.8 Å². The zero-order chi connectivity index (χ0) is 15.3. The summed E-state index contributed by atoms with van der Waals surface area (Å²) in [4.78, 5) is 25.8. The number of ether oxygens (including phenoxy) is 2. The SMILES string of the molecule is O=C1CC[C@H]2c3cc4c(cc3CN(C(=O)CCl)[C@H]2C1)OCO4. The first-order chi connectivity index (χ1) is 10.7. The van der Waals surface area contributed by atoms with Gasteiger partial charge < -0.3 is 14.4 Å². The van der Waals surface area contributed by atoms with Crippen LogP contribution in [0.4, 0.5) is 0 Å². The van der Waals surface area contributed by atoms with Crippen molar-refractivity contribution in [3.05, 3.63) is 23.3 Å². The lowest BCUT2D eigenvalue weighted by molar-refractivity contribution is -0.135. The minimum absolute atomic E-state index is 0.0582. The highest BCUT2D eigenvalue weighted by Gasteiger charge is 2.41. The summed E-state index contributed by atoms with van der Waals surface area (Å²) in [6.07, 6.45) is 1.75. The number of Topliss-reactive ketones (excluding diaryl/α,β-unsaturated/α-hetero) is 1. The van der Waals surface area contributed by atoms with Crippen LogP contribution in [0.5, 0.6) is 11.5 Å². The van der Waals surface area contributed by atoms with E-state index in [9.17, 15) is 9.59 Å². The fourth-order valence-corrected chi connectivity index (χ4v) is 3.96. The molecule has 1 amide bonds. The number of carbonyl (C=O) groups excluding carboxylic acids is 2. The minimum Gasteiger partial charge on any atom is -0.454 e. The summed E-state index contributed by atoms with van der Waals surface area (Å²) in [6.45, 7) is 0.709. The monoisotopic (exact) mass is 321 g/mol. The fraction of sp³-hybridized carbons (Fsp3) is 0.500. The van der Waals surface area contributed by atoms with Gasteiger partial charge in [0.2, 0.25) is 12.7 Å². The fourth-order valence-electron chi connectivity index (χ4n) is 3.81. The van der Waals surface area contributed by atoms with Crippen molar-refractivity contribution in [1.82, 2.24) is 4.90 Å². The van der Waals surface area contributed by atoms with E-state index in [1.165, 1.54) is 5.56 Å². The number of rotatable bonds is 1. The van der Waals surface area contributed by atoms with Gasteiger partial charge in [0.15, 0.2) is 11.5 Å². The van der Waals surface area contributed by atoms with E-state index in [0.717, 1.165) is 23.5 Å². The van der Waals surface area contributed by atoms with Gasteiger partial charge in [-0.15, -0.1) is 11.6 Å². The molecule has 1 saturated carbocycles. The number of hydrogen-bond acceptors (Lipinski definition) is 4. The van der Waals surface area contributed by atoms with Gasteiger partial charge >= 0.3 is 0 Å². The molecule has 0 saturated heterocycles.